The van der Waals surface area contributed by atoms with Crippen LogP contribution < -0.4 is 5.73 Å². The summed E-state index contributed by atoms with van der Waals surface area (Å²) in [5.41, 5.74) is 4.96. The van der Waals surface area contributed by atoms with Crippen molar-refractivity contribution in [1.82, 2.24) is 0 Å². The average molecular weight is 143 g/mol. The highest BCUT2D eigenvalue weighted by molar-refractivity contribution is 6.30. The zero-order valence-corrected chi connectivity index (χ0v) is 5.86. The summed E-state index contributed by atoms with van der Waals surface area (Å²) in [4.78, 5) is 0. The second-order valence-corrected chi connectivity index (χ2v) is 2.31. The van der Waals surface area contributed by atoms with Gasteiger partial charge in [0.25, 0.3) is 0 Å². The van der Waals surface area contributed by atoms with Gasteiger partial charge in [-0.3, -0.25) is 0 Å². The molecule has 9 heavy (non-hydrogen) atoms. The average Bonchev–Trinajstić information content (AvgIpc) is 1.90. The van der Waals surface area contributed by atoms with Gasteiger partial charge in [0, 0.05) is 10.6 Å². The summed E-state index contributed by atoms with van der Waals surface area (Å²) in [6.07, 6.45) is 0. The summed E-state index contributed by atoms with van der Waals surface area (Å²) < 4.78 is 0. The predicted molar refractivity (Wildman–Crippen MR) is 38.0 cm³/mol. The molecule has 0 aromatic heterocycles. The molecule has 0 aliphatic rings. The second kappa shape index (κ2) is 2.85. The van der Waals surface area contributed by atoms with E-state index in [2.05, 4.69) is 5.73 Å². The van der Waals surface area contributed by atoms with Crippen molar-refractivity contribution in [3.05, 3.63) is 34.9 Å². The molecule has 0 aliphatic carbocycles. The number of hydrogen-bond donors (Lipinski definition) is 1. The quantitative estimate of drug-likeness (QED) is 0.608. The van der Waals surface area contributed by atoms with Crippen molar-refractivity contribution < 1.29 is 5.73 Å². The molecule has 1 rings (SSSR count). The molecule has 48 valence electrons. The van der Waals surface area contributed by atoms with Crippen LogP contribution in [0.1, 0.15) is 5.56 Å². The van der Waals surface area contributed by atoms with Crippen LogP contribution >= 0.6 is 11.6 Å². The van der Waals surface area contributed by atoms with Gasteiger partial charge in [-0.05, 0) is 12.1 Å². The first-order valence-corrected chi connectivity index (χ1v) is 3.24. The van der Waals surface area contributed by atoms with Crippen molar-refractivity contribution in [1.29, 1.82) is 0 Å². The molecule has 0 atom stereocenters. The van der Waals surface area contributed by atoms with Gasteiger partial charge >= 0.3 is 0 Å². The Bertz CT molecular complexity index is 181. The van der Waals surface area contributed by atoms with E-state index in [1.807, 2.05) is 24.3 Å². The molecule has 0 saturated heterocycles. The van der Waals surface area contributed by atoms with Crippen LogP contribution in [0.4, 0.5) is 0 Å². The summed E-state index contributed by atoms with van der Waals surface area (Å²) in [5, 5.41) is 0.784. The third-order valence-corrected chi connectivity index (χ3v) is 1.45. The minimum Gasteiger partial charge on any atom is -0.354 e. The molecule has 1 aromatic rings. The first-order valence-electron chi connectivity index (χ1n) is 2.86. The van der Waals surface area contributed by atoms with Gasteiger partial charge in [-0.1, -0.05) is 23.7 Å². The van der Waals surface area contributed by atoms with Gasteiger partial charge < -0.3 is 5.73 Å². The number of rotatable bonds is 1. The molecule has 0 amide bonds. The molecule has 1 nitrogen and oxygen atoms in total. The van der Waals surface area contributed by atoms with Gasteiger partial charge in [0.05, 0.1) is 6.54 Å². The molecule has 1 aromatic carbocycles. The van der Waals surface area contributed by atoms with Crippen LogP contribution in [0.15, 0.2) is 24.3 Å². The van der Waals surface area contributed by atoms with Crippen molar-refractivity contribution in [2.45, 2.75) is 6.54 Å². The minimum atomic E-state index is 0.784. The van der Waals surface area contributed by atoms with Crippen LogP contribution in [0.3, 0.4) is 0 Å². The normalized spacial score (nSPS) is 9.56. The lowest BCUT2D eigenvalue weighted by atomic mass is 10.2. The monoisotopic (exact) mass is 142 g/mol. The number of benzene rings is 1. The second-order valence-electron chi connectivity index (χ2n) is 1.88. The Morgan fingerprint density at radius 1 is 1.22 bits per heavy atom. The fourth-order valence-electron chi connectivity index (χ4n) is 0.651. The molecule has 0 unspecified atom stereocenters. The lowest BCUT2D eigenvalue weighted by Crippen LogP contribution is -2.47. The highest BCUT2D eigenvalue weighted by Crippen LogP contribution is 2.07. The summed E-state index contributed by atoms with van der Waals surface area (Å²) >= 11 is 5.65. The van der Waals surface area contributed by atoms with Gasteiger partial charge in [0.1, 0.15) is 0 Å². The minimum absolute atomic E-state index is 0.784. The first-order chi connectivity index (χ1) is 4.33. The summed E-state index contributed by atoms with van der Waals surface area (Å²) in [6, 6.07) is 7.72. The molecule has 0 bridgehead atoms. The Labute approximate surface area is 59.4 Å². The Morgan fingerprint density at radius 3 is 2.22 bits per heavy atom. The molecule has 0 aliphatic heterocycles. The van der Waals surface area contributed by atoms with E-state index in [0.717, 1.165) is 11.6 Å². The van der Waals surface area contributed by atoms with E-state index in [9.17, 15) is 0 Å². The molecule has 3 N–H and O–H groups in total. The number of hydrogen-bond acceptors (Lipinski definition) is 0. The van der Waals surface area contributed by atoms with E-state index in [-0.39, 0.29) is 0 Å². The van der Waals surface area contributed by atoms with Crippen molar-refractivity contribution in [2.75, 3.05) is 0 Å². The van der Waals surface area contributed by atoms with Crippen molar-refractivity contribution >= 4 is 11.6 Å². The molecule has 2 heteroatoms. The zero-order valence-electron chi connectivity index (χ0n) is 5.10. The molecular formula is C7H9ClN+. The Morgan fingerprint density at radius 2 is 1.78 bits per heavy atom. The maximum Gasteiger partial charge on any atom is 0.0997 e. The smallest absolute Gasteiger partial charge is 0.0997 e. The van der Waals surface area contributed by atoms with Crippen LogP contribution in [0, 0.1) is 0 Å². The van der Waals surface area contributed by atoms with Crippen LogP contribution in [0.5, 0.6) is 0 Å². The Balaban J connectivity index is 2.88. The standard InChI is InChI=1S/C7H8ClN/c8-7-3-1-6(5-9)2-4-7/h1-4H,5,9H2/p+1. The summed E-state index contributed by atoms with van der Waals surface area (Å²) in [5.74, 6) is 0. The maximum atomic E-state index is 5.65. The molecule has 0 saturated carbocycles. The van der Waals surface area contributed by atoms with E-state index < -0.39 is 0 Å². The third-order valence-electron chi connectivity index (χ3n) is 1.20. The highest BCUT2D eigenvalue weighted by atomic mass is 35.5. The third kappa shape index (κ3) is 1.70. The Kier molecular flexibility index (Phi) is 2.09. The van der Waals surface area contributed by atoms with Gasteiger partial charge in [-0.2, -0.15) is 0 Å². The van der Waals surface area contributed by atoms with E-state index >= 15 is 0 Å². The lowest BCUT2D eigenvalue weighted by Gasteiger charge is -1.91. The van der Waals surface area contributed by atoms with Gasteiger partial charge in [-0.15, -0.1) is 0 Å². The topological polar surface area (TPSA) is 27.6 Å². The molecular weight excluding hydrogens is 134 g/mol. The van der Waals surface area contributed by atoms with Crippen molar-refractivity contribution in [2.24, 2.45) is 0 Å². The Hall–Kier alpha value is -0.530. The van der Waals surface area contributed by atoms with Gasteiger partial charge in [-0.25, -0.2) is 0 Å². The summed E-state index contributed by atoms with van der Waals surface area (Å²) in [6.45, 7) is 0.831. The predicted octanol–water partition coefficient (Wildman–Crippen LogP) is 1.08. The molecule has 0 spiro atoms. The first kappa shape index (κ1) is 6.59. The van der Waals surface area contributed by atoms with Gasteiger partial charge in [0.2, 0.25) is 0 Å². The van der Waals surface area contributed by atoms with E-state index in [1.165, 1.54) is 5.56 Å². The van der Waals surface area contributed by atoms with E-state index in [4.69, 9.17) is 11.6 Å². The van der Waals surface area contributed by atoms with E-state index in [0.29, 0.717) is 0 Å². The molecule has 0 fully saturated rings. The summed E-state index contributed by atoms with van der Waals surface area (Å²) in [7, 11) is 0. The number of halogens is 1. The highest BCUT2D eigenvalue weighted by Gasteiger charge is 1.88. The zero-order chi connectivity index (χ0) is 6.69. The van der Waals surface area contributed by atoms with Crippen molar-refractivity contribution in [3.8, 4) is 0 Å². The van der Waals surface area contributed by atoms with Crippen molar-refractivity contribution in [3.63, 3.8) is 0 Å². The number of quaternary nitrogens is 1. The van der Waals surface area contributed by atoms with Crippen LogP contribution in [-0.4, -0.2) is 0 Å². The fourth-order valence-corrected chi connectivity index (χ4v) is 0.777. The fraction of sp³-hybridized carbons (Fsp3) is 0.143. The SMILES string of the molecule is [NH3+]Cc1ccc(Cl)cc1. The molecule has 0 heterocycles. The lowest BCUT2D eigenvalue weighted by molar-refractivity contribution is -0.386. The van der Waals surface area contributed by atoms with Crippen LogP contribution in [-0.2, 0) is 6.54 Å². The van der Waals surface area contributed by atoms with Gasteiger partial charge in [0.15, 0.2) is 0 Å². The molecule has 0 radical (unpaired) electrons. The van der Waals surface area contributed by atoms with Crippen LogP contribution in [0.25, 0.3) is 0 Å². The maximum absolute atomic E-state index is 5.65. The van der Waals surface area contributed by atoms with E-state index in [1.54, 1.807) is 0 Å². The van der Waals surface area contributed by atoms with Crippen LogP contribution in [0.2, 0.25) is 5.02 Å². The largest absolute Gasteiger partial charge is 0.354 e.